The maximum absolute atomic E-state index is 13.8. The molecule has 1 aromatic rings. The molecule has 5 N–H and O–H groups in total. The zero-order chi connectivity index (χ0) is 28.4. The molecule has 2 unspecified atom stereocenters. The van der Waals surface area contributed by atoms with Crippen LogP contribution in [0, 0.1) is 35.5 Å². The second kappa shape index (κ2) is 9.04. The Morgan fingerprint density at radius 3 is 2.26 bits per heavy atom. The van der Waals surface area contributed by atoms with Gasteiger partial charge in [0.05, 0.1) is 23.1 Å². The summed E-state index contributed by atoms with van der Waals surface area (Å²) in [6, 6.07) is 0.249. The van der Waals surface area contributed by atoms with Crippen molar-refractivity contribution < 1.29 is 44.1 Å². The molecule has 0 spiro atoms. The van der Waals surface area contributed by atoms with Gasteiger partial charge in [0.1, 0.15) is 5.75 Å². The van der Waals surface area contributed by atoms with Crippen LogP contribution in [0.3, 0.4) is 0 Å². The molecule has 12 nitrogen and oxygen atoms in total. The molecule has 2 saturated carbocycles. The third-order valence-corrected chi connectivity index (χ3v) is 7.82. The van der Waals surface area contributed by atoms with Gasteiger partial charge in [-0.2, -0.15) is 0 Å². The highest BCUT2D eigenvalue weighted by Crippen LogP contribution is 2.52. The number of ketones is 4. The van der Waals surface area contributed by atoms with Crippen molar-refractivity contribution in [1.82, 2.24) is 4.90 Å². The van der Waals surface area contributed by atoms with Crippen molar-refractivity contribution in [3.63, 3.8) is 0 Å². The fraction of sp³-hybridized carbons (Fsp3) is 0.462. The summed E-state index contributed by atoms with van der Waals surface area (Å²) in [5.74, 6) is -8.94. The summed E-state index contributed by atoms with van der Waals surface area (Å²) in [5, 5.41) is 31.5. The second-order valence-electron chi connectivity index (χ2n) is 10.4. The lowest BCUT2D eigenvalue weighted by atomic mass is 9.52. The van der Waals surface area contributed by atoms with Crippen molar-refractivity contribution in [3.8, 4) is 17.6 Å². The highest BCUT2D eigenvalue weighted by atomic mass is 16.4. The van der Waals surface area contributed by atoms with E-state index in [1.807, 2.05) is 5.92 Å². The maximum Gasteiger partial charge on any atom is 0.382 e. The quantitative estimate of drug-likeness (QED) is 0.261. The number of rotatable bonds is 3. The molecule has 3 aliphatic rings. The number of nitrogens with zero attached hydrogens (tertiary/aromatic N) is 2. The van der Waals surface area contributed by atoms with E-state index in [1.54, 1.807) is 19.0 Å². The van der Waals surface area contributed by atoms with Crippen LogP contribution in [0.5, 0.6) is 5.75 Å². The minimum absolute atomic E-state index is 0.0713. The van der Waals surface area contributed by atoms with Crippen LogP contribution >= 0.6 is 0 Å². The third-order valence-electron chi connectivity index (χ3n) is 7.82. The number of fused-ring (bicyclic) bond motifs is 3. The van der Waals surface area contributed by atoms with Gasteiger partial charge < -0.3 is 26.0 Å². The highest BCUT2D eigenvalue weighted by molar-refractivity contribution is 6.32. The Labute approximate surface area is 217 Å². The van der Waals surface area contributed by atoms with Gasteiger partial charge >= 0.3 is 5.97 Å². The first-order valence-corrected chi connectivity index (χ1v) is 11.8. The lowest BCUT2D eigenvalue weighted by Gasteiger charge is -2.52. The summed E-state index contributed by atoms with van der Waals surface area (Å²) in [6.45, 7) is 0. The zero-order valence-corrected chi connectivity index (χ0v) is 21.1. The predicted molar refractivity (Wildman–Crippen MR) is 130 cm³/mol. The van der Waals surface area contributed by atoms with Crippen molar-refractivity contribution >= 4 is 40.7 Å². The number of likely N-dealkylation sites (N-methyl/N-ethyl adjacent to an activating group) is 1. The monoisotopic (exact) mass is 525 g/mol. The first-order chi connectivity index (χ1) is 17.6. The van der Waals surface area contributed by atoms with E-state index in [0.29, 0.717) is 11.3 Å². The number of hydrogen-bond donors (Lipinski definition) is 4. The van der Waals surface area contributed by atoms with Crippen molar-refractivity contribution in [1.29, 1.82) is 0 Å². The van der Waals surface area contributed by atoms with E-state index >= 15 is 0 Å². The molecule has 1 aromatic carbocycles. The summed E-state index contributed by atoms with van der Waals surface area (Å²) in [6.07, 6.45) is 0.0116. The van der Waals surface area contributed by atoms with Crippen LogP contribution in [-0.4, -0.2) is 95.1 Å². The minimum atomic E-state index is -2.82. The Kier molecular flexibility index (Phi) is 6.41. The first-order valence-electron chi connectivity index (χ1n) is 11.8. The van der Waals surface area contributed by atoms with Gasteiger partial charge in [0.2, 0.25) is 5.91 Å². The molecule has 0 saturated heterocycles. The van der Waals surface area contributed by atoms with Crippen LogP contribution in [0.25, 0.3) is 0 Å². The Hall–Kier alpha value is -4.08. The molecule has 1 amide bonds. The third kappa shape index (κ3) is 3.69. The molecule has 0 heterocycles. The van der Waals surface area contributed by atoms with Crippen LogP contribution < -0.4 is 10.6 Å². The van der Waals surface area contributed by atoms with Crippen LogP contribution in [0.4, 0.5) is 5.69 Å². The average molecular weight is 526 g/mol. The van der Waals surface area contributed by atoms with Gasteiger partial charge in [-0.3, -0.25) is 28.9 Å². The summed E-state index contributed by atoms with van der Waals surface area (Å²) in [5.41, 5.74) is 2.94. The number of hydrogen-bond acceptors (Lipinski definition) is 10. The predicted octanol–water partition coefficient (Wildman–Crippen LogP) is -1.63. The van der Waals surface area contributed by atoms with Gasteiger partial charge in [0.15, 0.2) is 34.7 Å². The number of carboxylic acids is 1. The number of phenols is 1. The average Bonchev–Trinajstić information content (AvgIpc) is 2.80. The summed E-state index contributed by atoms with van der Waals surface area (Å²) >= 11 is 0. The van der Waals surface area contributed by atoms with Crippen LogP contribution in [0.15, 0.2) is 6.07 Å². The van der Waals surface area contributed by atoms with E-state index in [0.717, 1.165) is 0 Å². The van der Waals surface area contributed by atoms with Crippen molar-refractivity contribution in [3.05, 3.63) is 22.8 Å². The number of primary amides is 1. The van der Waals surface area contributed by atoms with E-state index in [9.17, 15) is 39.0 Å². The number of nitrogens with two attached hydrogens (primary N) is 1. The number of carbonyl (C=O) groups is 6. The Balaban J connectivity index is 1.92. The van der Waals surface area contributed by atoms with E-state index in [-0.39, 0.29) is 24.0 Å². The van der Waals surface area contributed by atoms with Crippen LogP contribution in [0.2, 0.25) is 0 Å². The number of phenolic OH excluding ortho intramolecular Hbond substituents is 1. The number of aliphatic carboxylic acids is 1. The molecule has 3 aliphatic carbocycles. The number of aliphatic hydroxyl groups is 1. The van der Waals surface area contributed by atoms with Gasteiger partial charge in [-0.1, -0.05) is 5.92 Å². The summed E-state index contributed by atoms with van der Waals surface area (Å²) in [4.78, 5) is 80.2. The van der Waals surface area contributed by atoms with Crippen molar-refractivity contribution in [2.24, 2.45) is 29.4 Å². The largest absolute Gasteiger partial charge is 0.506 e. The molecule has 0 radical (unpaired) electrons. The first kappa shape index (κ1) is 27.0. The molecule has 4 rings (SSSR count). The van der Waals surface area contributed by atoms with Gasteiger partial charge in [-0.25, -0.2) is 4.79 Å². The number of anilines is 1. The molecule has 0 aliphatic heterocycles. The van der Waals surface area contributed by atoms with E-state index in [4.69, 9.17) is 10.8 Å². The fourth-order valence-corrected chi connectivity index (χ4v) is 6.27. The summed E-state index contributed by atoms with van der Waals surface area (Å²) in [7, 11) is 6.37. The number of carbonyl (C=O) groups excluding carboxylic acids is 5. The molecule has 12 heteroatoms. The standard InChI is InChI=1S/C26H27N3O9/c1-28(2)14-9-10(5-6-15(30)31)20(32)17-12(14)7-11-8-13-19(29(3)4)22(34)18(25(27)37)24(36)26(13,38)23(35)16(11)21(17)33/h9,11,13,16,18-19,32,38H,7-8H2,1-4H3,(H2,27,37)(H,30,31)/t11-,13-,16?,18?,19-,26-/m0/s1. The van der Waals surface area contributed by atoms with Crippen LogP contribution in [-0.2, 0) is 30.4 Å². The fourth-order valence-electron chi connectivity index (χ4n) is 6.27. The molecular weight excluding hydrogens is 498 g/mol. The van der Waals surface area contributed by atoms with Gasteiger partial charge in [0.25, 0.3) is 0 Å². The normalized spacial score (nSPS) is 30.1. The number of amides is 1. The Morgan fingerprint density at radius 2 is 1.74 bits per heavy atom. The molecule has 200 valence electrons. The second-order valence-corrected chi connectivity index (χ2v) is 10.4. The van der Waals surface area contributed by atoms with Crippen molar-refractivity contribution in [2.75, 3.05) is 33.1 Å². The molecule has 2 fully saturated rings. The van der Waals surface area contributed by atoms with E-state index in [2.05, 4.69) is 5.92 Å². The number of carboxylic acid groups (broad SMARTS) is 1. The van der Waals surface area contributed by atoms with E-state index < -0.39 is 76.1 Å². The number of aromatic hydroxyl groups is 1. The lowest BCUT2D eigenvalue weighted by Crippen LogP contribution is -2.74. The maximum atomic E-state index is 13.8. The molecule has 0 bridgehead atoms. The SMILES string of the molecule is CN(C)c1cc(C#CC(=O)O)c(O)c2c1C[C@H]1C[C@H]3[C@H](N(C)C)C(=O)C(C(N)=O)C(=O)[C@@]3(O)C(=O)C1C2=O. The van der Waals surface area contributed by atoms with Gasteiger partial charge in [0, 0.05) is 31.6 Å². The Morgan fingerprint density at radius 1 is 1.11 bits per heavy atom. The van der Waals surface area contributed by atoms with Crippen LogP contribution in [0.1, 0.15) is 27.9 Å². The molecule has 6 atom stereocenters. The summed E-state index contributed by atoms with van der Waals surface area (Å²) < 4.78 is 0. The lowest BCUT2D eigenvalue weighted by molar-refractivity contribution is -0.181. The molecule has 0 aromatic heterocycles. The van der Waals surface area contributed by atoms with Crippen molar-refractivity contribution in [2.45, 2.75) is 24.5 Å². The Bertz CT molecular complexity index is 1390. The minimum Gasteiger partial charge on any atom is -0.506 e. The van der Waals surface area contributed by atoms with Gasteiger partial charge in [-0.15, -0.1) is 0 Å². The van der Waals surface area contributed by atoms with Gasteiger partial charge in [-0.05, 0) is 44.5 Å². The number of benzene rings is 1. The highest BCUT2D eigenvalue weighted by Gasteiger charge is 2.69. The molecule has 38 heavy (non-hydrogen) atoms. The number of Topliss-reactive ketones (excluding diaryl/α,β-unsaturated/α-hetero) is 4. The molecular formula is C26H27N3O9. The van der Waals surface area contributed by atoms with E-state index in [1.165, 1.54) is 25.1 Å². The zero-order valence-electron chi connectivity index (χ0n) is 21.1. The smallest absolute Gasteiger partial charge is 0.382 e. The topological polar surface area (TPSA) is 196 Å².